The third-order valence-corrected chi connectivity index (χ3v) is 29.1. The van der Waals surface area contributed by atoms with E-state index in [2.05, 4.69) is 84.3 Å². The quantitative estimate of drug-likeness (QED) is 0.0551. The number of hydrogen-bond acceptors (Lipinski definition) is 13. The van der Waals surface area contributed by atoms with Crippen LogP contribution in [0.2, 0.25) is 0 Å². The van der Waals surface area contributed by atoms with Gasteiger partial charge >= 0.3 is 11.9 Å². The van der Waals surface area contributed by atoms with Crippen LogP contribution in [-0.2, 0) is 90.1 Å². The molecule has 1 aliphatic heterocycles. The van der Waals surface area contributed by atoms with E-state index in [0.29, 0.717) is 73.1 Å². The Hall–Kier alpha value is -8.72. The van der Waals surface area contributed by atoms with Crippen LogP contribution in [0.1, 0.15) is 310 Å². The predicted molar refractivity (Wildman–Crippen MR) is 445 cm³/mol. The van der Waals surface area contributed by atoms with Crippen molar-refractivity contribution in [3.8, 4) is 0 Å². The van der Waals surface area contributed by atoms with Crippen molar-refractivity contribution >= 4 is 35.6 Å². The van der Waals surface area contributed by atoms with Gasteiger partial charge in [0.1, 0.15) is 5.69 Å². The molecule has 21 rings (SSSR count). The molecule has 4 N–H and O–H groups in total. The van der Waals surface area contributed by atoms with Crippen LogP contribution in [0.4, 0.5) is 0 Å². The van der Waals surface area contributed by atoms with Crippen molar-refractivity contribution in [1.82, 2.24) is 65.5 Å². The van der Waals surface area contributed by atoms with E-state index in [0.717, 1.165) is 200 Å². The number of benzene rings is 3. The van der Waals surface area contributed by atoms with Gasteiger partial charge in [-0.3, -0.25) is 52.9 Å². The lowest BCUT2D eigenvalue weighted by atomic mass is 9.53. The number of aryl methyl sites for hydroxylation is 1. The molecule has 9 saturated carbocycles. The molecule has 7 aromatic rings. The van der Waals surface area contributed by atoms with Gasteiger partial charge in [0.2, 0.25) is 0 Å². The monoisotopic (exact) mass is 1580 g/mol. The highest BCUT2D eigenvalue weighted by Crippen LogP contribution is 2.56. The van der Waals surface area contributed by atoms with Gasteiger partial charge in [0.15, 0.2) is 17.1 Å². The summed E-state index contributed by atoms with van der Waals surface area (Å²) in [6, 6.07) is 31.0. The molecule has 10 fully saturated rings. The average molecular weight is 1580 g/mol. The van der Waals surface area contributed by atoms with Crippen LogP contribution in [0.5, 0.6) is 0 Å². The van der Waals surface area contributed by atoms with E-state index in [1.54, 1.807) is 0 Å². The van der Waals surface area contributed by atoms with Gasteiger partial charge in [-0.05, 0) is 277 Å². The number of nitrogens with one attached hydrogen (secondary N) is 4. The Bertz CT molecular complexity index is 4570. The van der Waals surface area contributed by atoms with Crippen LogP contribution in [0, 0.1) is 53.3 Å². The molecule has 8 bridgehead atoms. The van der Waals surface area contributed by atoms with Crippen LogP contribution >= 0.6 is 0 Å². The molecule has 4 amide bonds. The average Bonchev–Trinajstić information content (AvgIpc) is 0.819. The number of carbonyl (C=O) groups is 6. The Kier molecular flexibility index (Phi) is 24.9. The summed E-state index contributed by atoms with van der Waals surface area (Å²) >= 11 is 0. The van der Waals surface area contributed by atoms with E-state index in [4.69, 9.17) is 29.9 Å². The van der Waals surface area contributed by atoms with Crippen LogP contribution in [0.3, 0.4) is 0 Å². The Morgan fingerprint density at radius 3 is 1.34 bits per heavy atom. The fraction of sp³-hybridized carbons (Fsp3) is 0.621. The smallest absolute Gasteiger partial charge is 0.311 e. The molecule has 3 aromatic carbocycles. The first-order valence-corrected chi connectivity index (χ1v) is 45.6. The highest BCUT2D eigenvalue weighted by Gasteiger charge is 2.55. The fourth-order valence-electron chi connectivity index (χ4n) is 24.2. The number of aromatic nitrogens is 8. The molecule has 14 aliphatic rings. The number of hydrogen-bond donors (Lipinski definition) is 4. The van der Waals surface area contributed by atoms with Crippen molar-refractivity contribution in [2.45, 2.75) is 295 Å². The van der Waals surface area contributed by atoms with Crippen molar-refractivity contribution in [2.75, 3.05) is 26.3 Å². The molecule has 0 spiro atoms. The van der Waals surface area contributed by atoms with E-state index in [1.807, 2.05) is 65.7 Å². The number of ether oxygens (including phenoxy) is 2. The van der Waals surface area contributed by atoms with Crippen molar-refractivity contribution in [2.24, 2.45) is 53.3 Å². The van der Waals surface area contributed by atoms with Crippen molar-refractivity contribution < 1.29 is 38.2 Å². The molecule has 618 valence electrons. The Balaban J connectivity index is 0.000000112. The summed E-state index contributed by atoms with van der Waals surface area (Å²) in [4.78, 5) is 78.7. The summed E-state index contributed by atoms with van der Waals surface area (Å²) in [5, 5.41) is 31.6. The summed E-state index contributed by atoms with van der Waals surface area (Å²) in [5.41, 5.74) is 18.9. The first-order chi connectivity index (χ1) is 56.8. The van der Waals surface area contributed by atoms with Gasteiger partial charge in [-0.25, -0.2) is 5.01 Å². The van der Waals surface area contributed by atoms with Crippen molar-refractivity contribution in [3.63, 3.8) is 0 Å². The molecule has 8 atom stereocenters. The van der Waals surface area contributed by atoms with Gasteiger partial charge in [-0.15, -0.1) is 0 Å². The lowest BCUT2D eigenvalue weighted by molar-refractivity contribution is -0.151. The molecule has 8 unspecified atom stereocenters. The van der Waals surface area contributed by atoms with E-state index in [9.17, 15) is 28.8 Å². The molecule has 13 aliphatic carbocycles. The van der Waals surface area contributed by atoms with Gasteiger partial charge in [-0.2, -0.15) is 20.4 Å². The zero-order chi connectivity index (χ0) is 79.2. The Morgan fingerprint density at radius 2 is 0.828 bits per heavy atom. The van der Waals surface area contributed by atoms with E-state index >= 15 is 0 Å². The summed E-state index contributed by atoms with van der Waals surface area (Å²) in [6.07, 6.45) is 42.5. The Labute approximate surface area is 685 Å². The molecule has 116 heavy (non-hydrogen) atoms. The number of fused-ring (bicyclic) bond motifs is 8. The van der Waals surface area contributed by atoms with Crippen LogP contribution in [0.15, 0.2) is 91.0 Å². The number of amides is 4. The lowest BCUT2D eigenvalue weighted by Crippen LogP contribution is -2.60. The third-order valence-electron chi connectivity index (χ3n) is 29.1. The number of rotatable bonds is 19. The maximum absolute atomic E-state index is 13.6. The van der Waals surface area contributed by atoms with Gasteiger partial charge in [0.25, 0.3) is 23.6 Å². The molecular weight excluding hydrogens is 1450 g/mol. The van der Waals surface area contributed by atoms with Crippen molar-refractivity contribution in [3.05, 3.63) is 175 Å². The first kappa shape index (κ1) is 79.7. The molecule has 1 saturated heterocycles. The fourth-order valence-corrected chi connectivity index (χ4v) is 24.2. The van der Waals surface area contributed by atoms with Gasteiger partial charge in [0.05, 0.1) is 56.4 Å². The normalized spacial score (nSPS) is 27.2. The number of carbonyl (C=O) groups excluding carboxylic acids is 6. The number of esters is 2. The maximum atomic E-state index is 13.6. The number of nitrogens with zero attached hydrogens (tertiary/aromatic N) is 9. The SMILES string of the molecule is CCOC(=O)C1C2CCC(C2)C1NC(=O)c1c2c(nn1Cc1ccccc1)CCCC2.CCOC(=O)C1C2CCC(C2)C1NC(=O)c1nn(Cc2ccccc2)c2c1CCCC2.O=C(NC12CC3CC(CC(C3)C1)C2)c1nn(C2CCCCC2)c2c1CCCC2.O=C(NN1CCCCCC1)c1nn(Cc2ccccc2)c2c1CCCC2. The summed E-state index contributed by atoms with van der Waals surface area (Å²) in [6.45, 7) is 8.31. The second-order valence-electron chi connectivity index (χ2n) is 36.8. The topological polar surface area (TPSA) is 244 Å². The zero-order valence-electron chi connectivity index (χ0n) is 69.0. The third kappa shape index (κ3) is 17.4. The molecule has 0 radical (unpaired) electrons. The minimum absolute atomic E-state index is 0.0307. The zero-order valence-corrected chi connectivity index (χ0v) is 69.0. The highest BCUT2D eigenvalue weighted by atomic mass is 16.5. The van der Waals surface area contributed by atoms with Gasteiger partial charge in [0, 0.05) is 70.0 Å². The first-order valence-electron chi connectivity index (χ1n) is 45.6. The highest BCUT2D eigenvalue weighted by molar-refractivity contribution is 5.97. The molecule has 4 aromatic heterocycles. The van der Waals surface area contributed by atoms with E-state index < -0.39 is 0 Å². The Morgan fingerprint density at radius 1 is 0.405 bits per heavy atom. The summed E-state index contributed by atoms with van der Waals surface area (Å²) in [7, 11) is 0. The van der Waals surface area contributed by atoms with Gasteiger partial charge < -0.3 is 25.4 Å². The van der Waals surface area contributed by atoms with Crippen LogP contribution in [0.25, 0.3) is 0 Å². The minimum Gasteiger partial charge on any atom is -0.466 e. The van der Waals surface area contributed by atoms with Crippen LogP contribution < -0.4 is 21.4 Å². The second-order valence-corrected chi connectivity index (χ2v) is 36.8. The minimum atomic E-state index is -0.219. The van der Waals surface area contributed by atoms with E-state index in [-0.39, 0.29) is 65.0 Å². The van der Waals surface area contributed by atoms with Crippen LogP contribution in [-0.4, -0.2) is 124 Å². The lowest BCUT2D eigenvalue weighted by Gasteiger charge is -2.56. The maximum Gasteiger partial charge on any atom is 0.311 e. The molecule has 5 heterocycles. The standard InChI is InChI=1S/2C25H31N3O3.C24H35N3O.C21H28N4O/c1-2-31-25(30)21-17-12-13-18(14-17)22(21)26-24(29)23-19-10-6-7-11-20(19)28(27-23)15-16-8-4-3-5-9-16;1-2-31-25(30)21-17-12-13-18(14-17)22(21)26-24(29)23-19-10-6-7-11-20(19)27-28(23)15-16-8-4-3-5-9-16;28-23(25-24-13-16-10-17(14-24)12-18(11-16)15-24)22-20-8-4-5-9-21(20)27(26-22)19-6-2-1-3-7-19;26-21(23-24-14-8-1-2-9-15-24)20-18-12-6-7-13-19(18)25(22-20)16-17-10-4-3-5-11-17/h2*3-5,8-9,17-18,21-22H,2,6-7,10-15H2,1H3,(H,26,29);16-19H,1-15H2,(H,25,28);3-5,10-11H,1-2,6-9,12-16H2,(H,23,26). The number of hydrazine groups is 1. The summed E-state index contributed by atoms with van der Waals surface area (Å²) in [5.74, 6) is 3.14. The largest absolute Gasteiger partial charge is 0.466 e. The summed E-state index contributed by atoms with van der Waals surface area (Å²) < 4.78 is 19.0. The van der Waals surface area contributed by atoms with Gasteiger partial charge in [-0.1, -0.05) is 123 Å². The molecular formula is C95H125N13O8. The van der Waals surface area contributed by atoms with Crippen molar-refractivity contribution in [1.29, 1.82) is 0 Å². The predicted octanol–water partition coefficient (Wildman–Crippen LogP) is 15.3. The second kappa shape index (κ2) is 36.2. The molecule has 21 heteroatoms. The van der Waals surface area contributed by atoms with E-state index in [1.165, 1.54) is 142 Å². The molecule has 21 nitrogen and oxygen atoms in total.